The fraction of sp³-hybridized carbons (Fsp3) is 0.731. The molecule has 31 heavy (non-hydrogen) atoms. The Kier molecular flexibility index (Phi) is 5.91. The predicted octanol–water partition coefficient (Wildman–Crippen LogP) is 4.65. The van der Waals surface area contributed by atoms with Crippen LogP contribution in [0, 0.1) is 40.4 Å². The Morgan fingerprint density at radius 2 is 2.03 bits per heavy atom. The van der Waals surface area contributed by atoms with Gasteiger partial charge in [0, 0.05) is 24.2 Å². The van der Waals surface area contributed by atoms with Gasteiger partial charge in [0.25, 0.3) is 6.47 Å². The van der Waals surface area contributed by atoms with Gasteiger partial charge >= 0.3 is 5.97 Å². The molecular formula is C26H36O5. The van der Waals surface area contributed by atoms with Crippen LogP contribution in [0.4, 0.5) is 0 Å². The summed E-state index contributed by atoms with van der Waals surface area (Å²) < 4.78 is 10.6. The lowest BCUT2D eigenvalue weighted by atomic mass is 9.46. The first-order chi connectivity index (χ1) is 14.7. The van der Waals surface area contributed by atoms with E-state index >= 15 is 0 Å². The van der Waals surface area contributed by atoms with Gasteiger partial charge in [-0.25, -0.2) is 0 Å². The number of hydrogen-bond donors (Lipinski definition) is 0. The third-order valence-corrected chi connectivity index (χ3v) is 9.58. The number of ketones is 1. The smallest absolute Gasteiger partial charge is 0.305 e. The number of allylic oxidation sites excluding steroid dienone is 3. The fourth-order valence-corrected chi connectivity index (χ4v) is 7.98. The molecule has 0 bridgehead atoms. The minimum Gasteiger partial charge on any atom is -0.469 e. The third-order valence-electron chi connectivity index (χ3n) is 9.58. The van der Waals surface area contributed by atoms with Crippen molar-refractivity contribution in [1.82, 2.24) is 0 Å². The van der Waals surface area contributed by atoms with E-state index < -0.39 is 0 Å². The maximum Gasteiger partial charge on any atom is 0.305 e. The Morgan fingerprint density at radius 1 is 1.26 bits per heavy atom. The Morgan fingerprint density at radius 3 is 2.74 bits per heavy atom. The second kappa shape index (κ2) is 8.22. The van der Waals surface area contributed by atoms with E-state index in [2.05, 4.69) is 26.8 Å². The molecule has 170 valence electrons. The maximum absolute atomic E-state index is 12.1. The lowest BCUT2D eigenvalue weighted by molar-refractivity contribution is -0.152. The number of methoxy groups -OCH3 is 1. The summed E-state index contributed by atoms with van der Waals surface area (Å²) in [5, 5.41) is 0. The first-order valence-corrected chi connectivity index (χ1v) is 11.8. The molecular weight excluding hydrogens is 392 g/mol. The molecule has 0 aromatic rings. The maximum atomic E-state index is 12.1. The zero-order valence-electron chi connectivity index (χ0n) is 19.3. The van der Waals surface area contributed by atoms with Gasteiger partial charge in [-0.1, -0.05) is 32.4 Å². The Balaban J connectivity index is 1.61. The zero-order chi connectivity index (χ0) is 22.4. The van der Waals surface area contributed by atoms with Crippen LogP contribution in [0.15, 0.2) is 23.8 Å². The lowest BCUT2D eigenvalue weighted by Crippen LogP contribution is -2.55. The lowest BCUT2D eigenvalue weighted by Gasteiger charge is -2.59. The molecule has 0 spiro atoms. The quantitative estimate of drug-likeness (QED) is 0.455. The van der Waals surface area contributed by atoms with Crippen molar-refractivity contribution >= 4 is 18.2 Å². The van der Waals surface area contributed by atoms with Crippen molar-refractivity contribution in [2.24, 2.45) is 40.4 Å². The molecule has 0 N–H and O–H groups in total. The first-order valence-electron chi connectivity index (χ1n) is 11.8. The summed E-state index contributed by atoms with van der Waals surface area (Å²) in [6, 6.07) is 0. The average molecular weight is 429 g/mol. The molecule has 3 fully saturated rings. The normalized spacial score (nSPS) is 42.0. The molecule has 4 aliphatic carbocycles. The van der Waals surface area contributed by atoms with E-state index in [-0.39, 0.29) is 28.7 Å². The second-order valence-electron chi connectivity index (χ2n) is 10.8. The van der Waals surface area contributed by atoms with E-state index in [1.165, 1.54) is 7.11 Å². The summed E-state index contributed by atoms with van der Waals surface area (Å²) >= 11 is 0. The van der Waals surface area contributed by atoms with E-state index in [1.54, 1.807) is 12.2 Å². The summed E-state index contributed by atoms with van der Waals surface area (Å²) in [5.41, 5.74) is 1.18. The summed E-state index contributed by atoms with van der Waals surface area (Å²) in [5.74, 6) is 2.10. The molecule has 0 heterocycles. The highest BCUT2D eigenvalue weighted by Gasteiger charge is 2.62. The van der Waals surface area contributed by atoms with Gasteiger partial charge in [-0.2, -0.15) is 0 Å². The Bertz CT molecular complexity index is 813. The van der Waals surface area contributed by atoms with Crippen molar-refractivity contribution in [2.45, 2.75) is 71.8 Å². The Hall–Kier alpha value is -1.91. The number of carbonyl (C=O) groups is 3. The van der Waals surface area contributed by atoms with Crippen LogP contribution >= 0.6 is 0 Å². The van der Waals surface area contributed by atoms with Gasteiger partial charge in [-0.15, -0.1) is 0 Å². The van der Waals surface area contributed by atoms with Crippen LogP contribution in [0.3, 0.4) is 0 Å². The van der Waals surface area contributed by atoms with Crippen molar-refractivity contribution in [2.75, 3.05) is 7.11 Å². The number of hydrogen-bond acceptors (Lipinski definition) is 5. The minimum absolute atomic E-state index is 0.0387. The highest BCUT2D eigenvalue weighted by Crippen LogP contribution is 2.67. The van der Waals surface area contributed by atoms with Crippen molar-refractivity contribution < 1.29 is 23.9 Å². The zero-order valence-corrected chi connectivity index (χ0v) is 19.3. The van der Waals surface area contributed by atoms with Gasteiger partial charge in [0.2, 0.25) is 0 Å². The number of carbonyl (C=O) groups excluding carboxylic acids is 3. The van der Waals surface area contributed by atoms with Crippen LogP contribution in [0.2, 0.25) is 0 Å². The number of rotatable bonds is 6. The monoisotopic (exact) mass is 428 g/mol. The molecule has 5 nitrogen and oxygen atoms in total. The molecule has 0 amide bonds. The summed E-state index contributed by atoms with van der Waals surface area (Å²) in [6.07, 6.45) is 12.0. The first kappa shape index (κ1) is 22.3. The Labute approximate surface area is 185 Å². The molecule has 5 heteroatoms. The molecule has 0 aromatic heterocycles. The SMILES string of the molecule is COC(=O)CC[C@@H](C)[C@H]1CC[C@H]2[C@@H]3[C@H](OC=O)CC4=CC(=O)C=C[C@]4(C)[C@H]3CC[C@]12C. The van der Waals surface area contributed by atoms with Crippen molar-refractivity contribution in [3.05, 3.63) is 23.8 Å². The molecule has 0 unspecified atom stereocenters. The largest absolute Gasteiger partial charge is 0.469 e. The van der Waals surface area contributed by atoms with Gasteiger partial charge in [0.1, 0.15) is 6.10 Å². The van der Waals surface area contributed by atoms with Gasteiger partial charge in [-0.05, 0) is 73.3 Å². The van der Waals surface area contributed by atoms with Crippen molar-refractivity contribution in [3.63, 3.8) is 0 Å². The second-order valence-corrected chi connectivity index (χ2v) is 10.8. The predicted molar refractivity (Wildman–Crippen MR) is 117 cm³/mol. The molecule has 4 aliphatic rings. The summed E-state index contributed by atoms with van der Waals surface area (Å²) in [7, 11) is 1.45. The molecule has 0 aromatic carbocycles. The average Bonchev–Trinajstić information content (AvgIpc) is 3.10. The van der Waals surface area contributed by atoms with Crippen LogP contribution in [-0.2, 0) is 23.9 Å². The topological polar surface area (TPSA) is 69.7 Å². The van der Waals surface area contributed by atoms with E-state index in [4.69, 9.17) is 9.47 Å². The number of esters is 1. The van der Waals surface area contributed by atoms with Crippen molar-refractivity contribution in [3.8, 4) is 0 Å². The molecule has 0 radical (unpaired) electrons. The van der Waals surface area contributed by atoms with E-state index in [1.807, 2.05) is 0 Å². The minimum atomic E-state index is -0.158. The highest BCUT2D eigenvalue weighted by molar-refractivity contribution is 6.01. The summed E-state index contributed by atoms with van der Waals surface area (Å²) in [4.78, 5) is 35.1. The van der Waals surface area contributed by atoms with Gasteiger partial charge < -0.3 is 9.47 Å². The molecule has 0 saturated heterocycles. The number of fused-ring (bicyclic) bond motifs is 5. The molecule has 8 atom stereocenters. The highest BCUT2D eigenvalue weighted by atomic mass is 16.5. The van der Waals surface area contributed by atoms with Crippen LogP contribution in [0.25, 0.3) is 0 Å². The molecule has 0 aliphatic heterocycles. The summed E-state index contributed by atoms with van der Waals surface area (Å²) in [6.45, 7) is 7.59. The van der Waals surface area contributed by atoms with E-state index in [0.29, 0.717) is 48.9 Å². The van der Waals surface area contributed by atoms with E-state index in [9.17, 15) is 14.4 Å². The number of ether oxygens (including phenoxy) is 2. The van der Waals surface area contributed by atoms with E-state index in [0.717, 1.165) is 37.7 Å². The van der Waals surface area contributed by atoms with Crippen LogP contribution in [0.5, 0.6) is 0 Å². The van der Waals surface area contributed by atoms with Gasteiger partial charge in [0.05, 0.1) is 7.11 Å². The van der Waals surface area contributed by atoms with Crippen LogP contribution in [-0.4, -0.2) is 31.4 Å². The van der Waals surface area contributed by atoms with Crippen molar-refractivity contribution in [1.29, 1.82) is 0 Å². The van der Waals surface area contributed by atoms with Gasteiger partial charge in [0.15, 0.2) is 5.78 Å². The van der Waals surface area contributed by atoms with Gasteiger partial charge in [-0.3, -0.25) is 14.4 Å². The standard InChI is InChI=1S/C26H36O5/c1-16(5-8-23(29)30-4)19-6-7-20-24-21(10-12-26(19,20)3)25(2)11-9-18(28)13-17(25)14-22(24)31-15-27/h9,11,13,15-16,19-22,24H,5-8,10,12,14H2,1-4H3/t16-,19-,20+,21+,22-,24+,25+,26-/m1/s1. The molecule has 3 saturated carbocycles. The van der Waals surface area contributed by atoms with Crippen LogP contribution in [0.1, 0.15) is 65.7 Å². The fourth-order valence-electron chi connectivity index (χ4n) is 7.98. The van der Waals surface area contributed by atoms with Crippen LogP contribution < -0.4 is 0 Å². The molecule has 4 rings (SSSR count). The third kappa shape index (κ3) is 3.58.